The maximum atomic E-state index is 5.60. The Kier molecular flexibility index (Phi) is 3.14. The van der Waals surface area contributed by atoms with Crippen molar-refractivity contribution in [3.05, 3.63) is 29.8 Å². The molecular formula is C16H21N5O. The SMILES string of the molecule is Cc1cc(C)n(-c2cncc(N3CC[C@]4(CCOC4)C3)n2)n1. The number of hydrogen-bond donors (Lipinski definition) is 0. The van der Waals surface area contributed by atoms with Crippen LogP contribution in [0.4, 0.5) is 5.82 Å². The highest BCUT2D eigenvalue weighted by Crippen LogP contribution is 2.39. The van der Waals surface area contributed by atoms with Gasteiger partial charge in [0.25, 0.3) is 0 Å². The van der Waals surface area contributed by atoms with Gasteiger partial charge in [0.05, 0.1) is 24.7 Å². The number of aromatic nitrogens is 4. The Balaban J connectivity index is 1.61. The molecule has 22 heavy (non-hydrogen) atoms. The normalized spacial score (nSPS) is 24.5. The lowest BCUT2D eigenvalue weighted by Crippen LogP contribution is -2.28. The van der Waals surface area contributed by atoms with Crippen molar-refractivity contribution >= 4 is 5.82 Å². The zero-order valence-corrected chi connectivity index (χ0v) is 13.1. The molecule has 2 aliphatic heterocycles. The molecule has 0 unspecified atom stereocenters. The molecule has 0 bridgehead atoms. The standard InChI is InChI=1S/C16H21N5O/c1-12-7-13(2)21(19-12)15-9-17-8-14(18-15)20-5-3-16(10-20)4-6-22-11-16/h7-9H,3-6,10-11H2,1-2H3/t16-/m0/s1. The summed E-state index contributed by atoms with van der Waals surface area (Å²) in [6.07, 6.45) is 5.96. The van der Waals surface area contributed by atoms with E-state index in [-0.39, 0.29) is 0 Å². The molecule has 0 radical (unpaired) electrons. The third-order valence-electron chi connectivity index (χ3n) is 4.78. The molecule has 1 spiro atoms. The smallest absolute Gasteiger partial charge is 0.174 e. The van der Waals surface area contributed by atoms with Crippen LogP contribution in [0.15, 0.2) is 18.5 Å². The minimum Gasteiger partial charge on any atom is -0.381 e. The van der Waals surface area contributed by atoms with E-state index in [1.807, 2.05) is 24.7 Å². The van der Waals surface area contributed by atoms with Crippen molar-refractivity contribution in [1.29, 1.82) is 0 Å². The maximum absolute atomic E-state index is 5.60. The van der Waals surface area contributed by atoms with Gasteiger partial charge in [0.1, 0.15) is 5.82 Å². The maximum Gasteiger partial charge on any atom is 0.174 e. The van der Waals surface area contributed by atoms with Crippen LogP contribution in [-0.4, -0.2) is 46.1 Å². The fourth-order valence-corrected chi connectivity index (χ4v) is 3.56. The lowest BCUT2D eigenvalue weighted by Gasteiger charge is -2.22. The second-order valence-electron chi connectivity index (χ2n) is 6.55. The largest absolute Gasteiger partial charge is 0.381 e. The molecule has 0 aliphatic carbocycles. The second-order valence-corrected chi connectivity index (χ2v) is 6.55. The Hall–Kier alpha value is -1.95. The van der Waals surface area contributed by atoms with Crippen LogP contribution in [0.3, 0.4) is 0 Å². The van der Waals surface area contributed by atoms with Gasteiger partial charge in [-0.25, -0.2) is 9.67 Å². The van der Waals surface area contributed by atoms with Crippen LogP contribution >= 0.6 is 0 Å². The molecule has 2 aliphatic rings. The predicted molar refractivity (Wildman–Crippen MR) is 83.3 cm³/mol. The van der Waals surface area contributed by atoms with Gasteiger partial charge in [-0.15, -0.1) is 0 Å². The lowest BCUT2D eigenvalue weighted by atomic mass is 9.87. The molecule has 2 saturated heterocycles. The van der Waals surface area contributed by atoms with Gasteiger partial charge in [0.15, 0.2) is 5.82 Å². The minimum absolute atomic E-state index is 0.329. The molecule has 6 nitrogen and oxygen atoms in total. The van der Waals surface area contributed by atoms with E-state index >= 15 is 0 Å². The Morgan fingerprint density at radius 2 is 2.05 bits per heavy atom. The number of nitrogens with zero attached hydrogens (tertiary/aromatic N) is 5. The topological polar surface area (TPSA) is 56.1 Å². The summed E-state index contributed by atoms with van der Waals surface area (Å²) in [6.45, 7) is 7.85. The molecule has 0 N–H and O–H groups in total. The fourth-order valence-electron chi connectivity index (χ4n) is 3.56. The molecule has 116 valence electrons. The molecule has 6 heteroatoms. The molecule has 2 aromatic heterocycles. The van der Waals surface area contributed by atoms with Gasteiger partial charge in [-0.3, -0.25) is 4.98 Å². The van der Waals surface area contributed by atoms with Crippen molar-refractivity contribution in [2.45, 2.75) is 26.7 Å². The molecule has 4 heterocycles. The van der Waals surface area contributed by atoms with Gasteiger partial charge in [-0.05, 0) is 32.8 Å². The fraction of sp³-hybridized carbons (Fsp3) is 0.562. The minimum atomic E-state index is 0.329. The van der Waals surface area contributed by atoms with Crippen LogP contribution in [0.5, 0.6) is 0 Å². The van der Waals surface area contributed by atoms with Crippen LogP contribution in [0.2, 0.25) is 0 Å². The van der Waals surface area contributed by atoms with E-state index in [0.29, 0.717) is 5.41 Å². The Bertz CT molecular complexity index is 690. The lowest BCUT2D eigenvalue weighted by molar-refractivity contribution is 0.160. The van der Waals surface area contributed by atoms with Gasteiger partial charge in [-0.2, -0.15) is 5.10 Å². The second kappa shape index (κ2) is 5.05. The van der Waals surface area contributed by atoms with Crippen LogP contribution < -0.4 is 4.90 Å². The summed E-state index contributed by atoms with van der Waals surface area (Å²) in [6, 6.07) is 2.05. The van der Waals surface area contributed by atoms with Crippen LogP contribution in [0, 0.1) is 19.3 Å². The first-order valence-electron chi connectivity index (χ1n) is 7.84. The number of anilines is 1. The van der Waals surface area contributed by atoms with E-state index in [1.165, 1.54) is 6.42 Å². The third-order valence-corrected chi connectivity index (χ3v) is 4.78. The van der Waals surface area contributed by atoms with E-state index in [0.717, 1.165) is 55.7 Å². The molecule has 0 saturated carbocycles. The summed E-state index contributed by atoms with van der Waals surface area (Å²) in [5, 5.41) is 4.49. The zero-order chi connectivity index (χ0) is 15.2. The van der Waals surface area contributed by atoms with Crippen molar-refractivity contribution < 1.29 is 4.74 Å². The summed E-state index contributed by atoms with van der Waals surface area (Å²) >= 11 is 0. The summed E-state index contributed by atoms with van der Waals surface area (Å²) in [5.74, 6) is 1.72. The van der Waals surface area contributed by atoms with Crippen molar-refractivity contribution in [2.24, 2.45) is 5.41 Å². The van der Waals surface area contributed by atoms with Gasteiger partial charge in [0.2, 0.25) is 0 Å². The van der Waals surface area contributed by atoms with E-state index < -0.39 is 0 Å². The molecular weight excluding hydrogens is 278 g/mol. The average molecular weight is 299 g/mol. The van der Waals surface area contributed by atoms with Gasteiger partial charge in [0, 0.05) is 30.8 Å². The highest BCUT2D eigenvalue weighted by Gasteiger charge is 2.41. The number of aryl methyl sites for hydroxylation is 2. The Morgan fingerprint density at radius 1 is 1.18 bits per heavy atom. The monoisotopic (exact) mass is 299 g/mol. The van der Waals surface area contributed by atoms with Crippen LogP contribution in [-0.2, 0) is 4.74 Å². The first kappa shape index (κ1) is 13.7. The first-order chi connectivity index (χ1) is 10.7. The number of hydrogen-bond acceptors (Lipinski definition) is 5. The summed E-state index contributed by atoms with van der Waals surface area (Å²) < 4.78 is 7.46. The van der Waals surface area contributed by atoms with E-state index in [9.17, 15) is 0 Å². The number of ether oxygens (including phenoxy) is 1. The Morgan fingerprint density at radius 3 is 2.77 bits per heavy atom. The molecule has 4 rings (SSSR count). The molecule has 0 amide bonds. The van der Waals surface area contributed by atoms with E-state index in [2.05, 4.69) is 21.0 Å². The molecule has 2 fully saturated rings. The average Bonchev–Trinajstić information content (AvgIpc) is 3.22. The van der Waals surface area contributed by atoms with Gasteiger partial charge >= 0.3 is 0 Å². The van der Waals surface area contributed by atoms with Crippen molar-refractivity contribution in [3.63, 3.8) is 0 Å². The van der Waals surface area contributed by atoms with E-state index in [4.69, 9.17) is 9.72 Å². The highest BCUT2D eigenvalue weighted by atomic mass is 16.5. The van der Waals surface area contributed by atoms with Crippen molar-refractivity contribution in [1.82, 2.24) is 19.7 Å². The molecule has 1 atom stereocenters. The summed E-state index contributed by atoms with van der Waals surface area (Å²) in [7, 11) is 0. The van der Waals surface area contributed by atoms with Gasteiger partial charge < -0.3 is 9.64 Å². The van der Waals surface area contributed by atoms with E-state index in [1.54, 1.807) is 6.20 Å². The van der Waals surface area contributed by atoms with Crippen LogP contribution in [0.25, 0.3) is 5.82 Å². The Labute approximate surface area is 130 Å². The van der Waals surface area contributed by atoms with Crippen LogP contribution in [0.1, 0.15) is 24.2 Å². The number of rotatable bonds is 2. The molecule has 0 aromatic carbocycles. The van der Waals surface area contributed by atoms with Crippen molar-refractivity contribution in [2.75, 3.05) is 31.2 Å². The predicted octanol–water partition coefficient (Wildman–Crippen LogP) is 1.90. The van der Waals surface area contributed by atoms with Crippen molar-refractivity contribution in [3.8, 4) is 5.82 Å². The molecule has 2 aromatic rings. The first-order valence-corrected chi connectivity index (χ1v) is 7.84. The zero-order valence-electron chi connectivity index (χ0n) is 13.1. The quantitative estimate of drug-likeness (QED) is 0.847. The van der Waals surface area contributed by atoms with Gasteiger partial charge in [-0.1, -0.05) is 0 Å². The third kappa shape index (κ3) is 2.27. The summed E-state index contributed by atoms with van der Waals surface area (Å²) in [5.41, 5.74) is 2.40. The summed E-state index contributed by atoms with van der Waals surface area (Å²) in [4.78, 5) is 11.5. The highest BCUT2D eigenvalue weighted by molar-refractivity contribution is 5.41.